The third kappa shape index (κ3) is 4.37. The smallest absolute Gasteiger partial charge is 0.191 e. The zero-order valence-corrected chi connectivity index (χ0v) is 18.1. The minimum absolute atomic E-state index is 0. The number of H-pyrrole nitrogens is 1. The van der Waals surface area contributed by atoms with Crippen LogP contribution in [-0.4, -0.2) is 47.0 Å². The van der Waals surface area contributed by atoms with E-state index in [2.05, 4.69) is 24.8 Å². The normalized spacial score (nSPS) is 15.0. The Morgan fingerprint density at radius 3 is 2.54 bits per heavy atom. The molecule has 0 spiro atoms. The number of imidazole rings is 1. The predicted octanol–water partition coefficient (Wildman–Crippen LogP) is 3.27. The molecule has 1 saturated heterocycles. The highest BCUT2D eigenvalue weighted by Crippen LogP contribution is 2.18. The van der Waals surface area contributed by atoms with Crippen molar-refractivity contribution in [2.45, 2.75) is 13.5 Å². The van der Waals surface area contributed by atoms with Crippen LogP contribution in [0.3, 0.4) is 0 Å². The number of guanidine groups is 1. The first-order valence-electron chi connectivity index (χ1n) is 9.10. The average Bonchev–Trinajstić information content (AvgIpc) is 3.11. The predicted molar refractivity (Wildman–Crippen MR) is 122 cm³/mol. The first-order chi connectivity index (χ1) is 13.1. The van der Waals surface area contributed by atoms with Crippen molar-refractivity contribution in [1.82, 2.24) is 14.9 Å². The first kappa shape index (κ1) is 20.4. The number of rotatable bonds is 3. The summed E-state index contributed by atoms with van der Waals surface area (Å²) >= 11 is 0. The van der Waals surface area contributed by atoms with Gasteiger partial charge < -0.3 is 20.5 Å². The van der Waals surface area contributed by atoms with Crippen molar-refractivity contribution in [3.63, 3.8) is 0 Å². The molecule has 2 heterocycles. The van der Waals surface area contributed by atoms with Crippen molar-refractivity contribution < 1.29 is 4.39 Å². The highest BCUT2D eigenvalue weighted by Gasteiger charge is 2.18. The van der Waals surface area contributed by atoms with Crippen molar-refractivity contribution in [1.29, 1.82) is 0 Å². The van der Waals surface area contributed by atoms with E-state index in [9.17, 15) is 4.39 Å². The molecule has 0 radical (unpaired) electrons. The molecule has 0 bridgehead atoms. The molecule has 1 fully saturated rings. The van der Waals surface area contributed by atoms with Gasteiger partial charge in [-0.2, -0.15) is 0 Å². The van der Waals surface area contributed by atoms with Crippen LogP contribution in [0.5, 0.6) is 0 Å². The number of benzene rings is 2. The molecule has 2 aromatic carbocycles. The van der Waals surface area contributed by atoms with Gasteiger partial charge in [-0.25, -0.2) is 14.4 Å². The Labute approximate surface area is 180 Å². The van der Waals surface area contributed by atoms with Crippen LogP contribution in [0.15, 0.2) is 47.5 Å². The maximum Gasteiger partial charge on any atom is 0.191 e. The van der Waals surface area contributed by atoms with E-state index < -0.39 is 0 Å². The van der Waals surface area contributed by atoms with Gasteiger partial charge in [0.15, 0.2) is 5.96 Å². The number of piperazine rings is 1. The quantitative estimate of drug-likeness (QED) is 0.333. The monoisotopic (exact) mass is 494 g/mol. The molecule has 0 aliphatic carbocycles. The summed E-state index contributed by atoms with van der Waals surface area (Å²) in [5, 5.41) is 0. The molecule has 1 aliphatic heterocycles. The van der Waals surface area contributed by atoms with Crippen LogP contribution in [-0.2, 0) is 6.54 Å². The number of nitrogens with zero attached hydrogens (tertiary/aromatic N) is 4. The number of hydrogen-bond donors (Lipinski definition) is 2. The van der Waals surface area contributed by atoms with E-state index >= 15 is 0 Å². The maximum absolute atomic E-state index is 13.1. The first-order valence-corrected chi connectivity index (χ1v) is 9.10. The number of aliphatic imine (C=N–C) groups is 1. The SMILES string of the molecule is Cc1cccc2[nH]c(CN=C(N)N3CCN(c4ccc(F)cc4)CC3)nc12.I. The van der Waals surface area contributed by atoms with E-state index in [0.717, 1.165) is 54.3 Å². The van der Waals surface area contributed by atoms with Crippen LogP contribution in [0.2, 0.25) is 0 Å². The molecule has 0 atom stereocenters. The van der Waals surface area contributed by atoms with Crippen LogP contribution in [0.4, 0.5) is 10.1 Å². The van der Waals surface area contributed by atoms with E-state index in [4.69, 9.17) is 5.73 Å². The van der Waals surface area contributed by atoms with Gasteiger partial charge in [-0.05, 0) is 42.8 Å². The van der Waals surface area contributed by atoms with Gasteiger partial charge in [0.2, 0.25) is 0 Å². The third-order valence-corrected chi connectivity index (χ3v) is 4.95. The molecule has 3 N–H and O–H groups in total. The minimum atomic E-state index is -0.213. The lowest BCUT2D eigenvalue weighted by Gasteiger charge is -2.36. The second kappa shape index (κ2) is 8.76. The van der Waals surface area contributed by atoms with Crippen LogP contribution in [0, 0.1) is 12.7 Å². The molecular formula is C20H24FIN6. The van der Waals surface area contributed by atoms with Gasteiger partial charge in [-0.1, -0.05) is 12.1 Å². The number of aryl methyl sites for hydroxylation is 1. The highest BCUT2D eigenvalue weighted by molar-refractivity contribution is 14.0. The Morgan fingerprint density at radius 2 is 1.86 bits per heavy atom. The number of nitrogens with two attached hydrogens (primary N) is 1. The topological polar surface area (TPSA) is 73.5 Å². The molecule has 148 valence electrons. The molecule has 3 aromatic rings. The fourth-order valence-corrected chi connectivity index (χ4v) is 3.40. The fourth-order valence-electron chi connectivity index (χ4n) is 3.40. The molecule has 0 unspecified atom stereocenters. The van der Waals surface area contributed by atoms with E-state index in [-0.39, 0.29) is 29.8 Å². The zero-order chi connectivity index (χ0) is 18.8. The number of nitrogens with one attached hydrogen (secondary N) is 1. The summed E-state index contributed by atoms with van der Waals surface area (Å²) in [6.45, 7) is 5.69. The molecule has 1 aromatic heterocycles. The largest absolute Gasteiger partial charge is 0.370 e. The molecular weight excluding hydrogens is 470 g/mol. The standard InChI is InChI=1S/C20H23FN6.HI/c1-14-3-2-4-17-19(14)25-18(24-17)13-23-20(22)27-11-9-26(10-12-27)16-7-5-15(21)6-8-16;/h2-8H,9-13H2,1H3,(H2,22,23)(H,24,25);1H. The summed E-state index contributed by atoms with van der Waals surface area (Å²) in [6.07, 6.45) is 0. The second-order valence-electron chi connectivity index (χ2n) is 6.78. The lowest BCUT2D eigenvalue weighted by molar-refractivity contribution is 0.380. The average molecular weight is 494 g/mol. The van der Waals surface area contributed by atoms with Gasteiger partial charge in [-0.15, -0.1) is 24.0 Å². The zero-order valence-electron chi connectivity index (χ0n) is 15.7. The Kier molecular flexibility index (Phi) is 6.38. The number of fused-ring (bicyclic) bond motifs is 1. The second-order valence-corrected chi connectivity index (χ2v) is 6.78. The summed E-state index contributed by atoms with van der Waals surface area (Å²) in [5.41, 5.74) is 10.4. The number of halogens is 2. The van der Waals surface area contributed by atoms with Crippen LogP contribution in [0.25, 0.3) is 11.0 Å². The molecule has 1 aliphatic rings. The molecule has 28 heavy (non-hydrogen) atoms. The van der Waals surface area contributed by atoms with E-state index in [1.807, 2.05) is 37.3 Å². The maximum atomic E-state index is 13.1. The van der Waals surface area contributed by atoms with Crippen molar-refractivity contribution in [3.8, 4) is 0 Å². The van der Waals surface area contributed by atoms with E-state index in [1.165, 1.54) is 12.1 Å². The minimum Gasteiger partial charge on any atom is -0.370 e. The summed E-state index contributed by atoms with van der Waals surface area (Å²) in [5.74, 6) is 1.13. The number of anilines is 1. The van der Waals surface area contributed by atoms with Crippen molar-refractivity contribution in [3.05, 3.63) is 59.7 Å². The molecule has 8 heteroatoms. The van der Waals surface area contributed by atoms with E-state index in [0.29, 0.717) is 12.5 Å². The Bertz CT molecular complexity index is 960. The number of para-hydroxylation sites is 1. The fraction of sp³-hybridized carbons (Fsp3) is 0.300. The van der Waals surface area contributed by atoms with Gasteiger partial charge in [-0.3, -0.25) is 0 Å². The molecule has 0 saturated carbocycles. The van der Waals surface area contributed by atoms with Crippen LogP contribution in [0.1, 0.15) is 11.4 Å². The highest BCUT2D eigenvalue weighted by atomic mass is 127. The molecule has 6 nitrogen and oxygen atoms in total. The van der Waals surface area contributed by atoms with Crippen molar-refractivity contribution >= 4 is 46.7 Å². The summed E-state index contributed by atoms with van der Waals surface area (Å²) in [7, 11) is 0. The summed E-state index contributed by atoms with van der Waals surface area (Å²) in [4.78, 5) is 16.7. The lowest BCUT2D eigenvalue weighted by atomic mass is 10.2. The lowest BCUT2D eigenvalue weighted by Crippen LogP contribution is -2.51. The Morgan fingerprint density at radius 1 is 1.14 bits per heavy atom. The van der Waals surface area contributed by atoms with Gasteiger partial charge in [0.25, 0.3) is 0 Å². The number of aromatic amines is 1. The number of aromatic nitrogens is 2. The van der Waals surface area contributed by atoms with Gasteiger partial charge in [0.05, 0.1) is 11.0 Å². The van der Waals surface area contributed by atoms with Crippen LogP contribution >= 0.6 is 24.0 Å². The Hall–Kier alpha value is -2.36. The van der Waals surface area contributed by atoms with Crippen molar-refractivity contribution in [2.75, 3.05) is 31.1 Å². The van der Waals surface area contributed by atoms with Crippen molar-refractivity contribution in [2.24, 2.45) is 10.7 Å². The third-order valence-electron chi connectivity index (χ3n) is 4.95. The molecule has 0 amide bonds. The number of hydrogen-bond acceptors (Lipinski definition) is 3. The van der Waals surface area contributed by atoms with E-state index in [1.54, 1.807) is 0 Å². The van der Waals surface area contributed by atoms with Gasteiger partial charge in [0, 0.05) is 31.9 Å². The van der Waals surface area contributed by atoms with Crippen LogP contribution < -0.4 is 10.6 Å². The summed E-state index contributed by atoms with van der Waals surface area (Å²) < 4.78 is 13.1. The Balaban J connectivity index is 0.00000225. The van der Waals surface area contributed by atoms with Gasteiger partial charge in [0.1, 0.15) is 18.2 Å². The molecule has 4 rings (SSSR count). The van der Waals surface area contributed by atoms with Gasteiger partial charge >= 0.3 is 0 Å². The summed E-state index contributed by atoms with van der Waals surface area (Å²) in [6, 6.07) is 12.7.